The Bertz CT molecular complexity index is 1120. The third-order valence-corrected chi connectivity index (χ3v) is 7.97. The highest BCUT2D eigenvalue weighted by Crippen LogP contribution is 2.61. The largest absolute Gasteiger partial charge is 0.458 e. The summed E-state index contributed by atoms with van der Waals surface area (Å²) in [6.45, 7) is 6.77. The van der Waals surface area contributed by atoms with E-state index in [9.17, 15) is 19.2 Å². The lowest BCUT2D eigenvalue weighted by Gasteiger charge is -2.51. The summed E-state index contributed by atoms with van der Waals surface area (Å²) in [6, 6.07) is 0. The van der Waals surface area contributed by atoms with E-state index in [1.807, 2.05) is 13.8 Å². The number of hydrogen-bond acceptors (Lipinski definition) is 8. The fourth-order valence-corrected chi connectivity index (χ4v) is 6.53. The lowest BCUT2D eigenvalue weighted by atomic mass is 9.54. The van der Waals surface area contributed by atoms with Crippen LogP contribution in [0.1, 0.15) is 72.3 Å². The number of rotatable bonds is 3. The first-order chi connectivity index (χ1) is 15.1. The molecule has 8 heteroatoms. The van der Waals surface area contributed by atoms with Crippen LogP contribution in [0.25, 0.3) is 0 Å². The maximum Gasteiger partial charge on any atom is 0.342 e. The molecule has 1 saturated carbocycles. The lowest BCUT2D eigenvalue weighted by Crippen LogP contribution is -2.57. The SMILES string of the molecule is COCC1OC(=O)c2c(C)oc3c2C1(C)C1=C(C3=O)C2CCC(=O)C2(C)CC1OC(C)=O. The van der Waals surface area contributed by atoms with Gasteiger partial charge in [-0.2, -0.15) is 0 Å². The average Bonchev–Trinajstić information content (AvgIpc) is 3.21. The number of hydrogen-bond donors (Lipinski definition) is 0. The summed E-state index contributed by atoms with van der Waals surface area (Å²) in [5.74, 6) is -1.24. The summed E-state index contributed by atoms with van der Waals surface area (Å²) >= 11 is 0. The Hall–Kier alpha value is -2.74. The molecule has 1 aromatic rings. The minimum atomic E-state index is -0.997. The Balaban J connectivity index is 1.84. The van der Waals surface area contributed by atoms with Crippen LogP contribution in [0.4, 0.5) is 0 Å². The number of aryl methyl sites for hydroxylation is 1. The van der Waals surface area contributed by atoms with Gasteiger partial charge in [-0.15, -0.1) is 0 Å². The van der Waals surface area contributed by atoms with Crippen molar-refractivity contribution in [2.75, 3.05) is 13.7 Å². The fourth-order valence-electron chi connectivity index (χ4n) is 6.53. The maximum absolute atomic E-state index is 13.9. The number of carbonyl (C=O) groups excluding carboxylic acids is 4. The number of cyclic esters (lactones) is 1. The van der Waals surface area contributed by atoms with Crippen LogP contribution in [0.3, 0.4) is 0 Å². The standard InChI is InChI=1S/C24H26O8/c1-10-16-19-21(30-10)20(27)17-12-6-7-14(26)23(12,3)8-13(31-11(2)25)18(17)24(19,4)15(9-29-5)32-22(16)28/h12-13,15H,6-9H2,1-5H3. The Labute approximate surface area is 185 Å². The average molecular weight is 442 g/mol. The van der Waals surface area contributed by atoms with E-state index in [-0.39, 0.29) is 41.8 Å². The Kier molecular flexibility index (Phi) is 4.38. The molecule has 0 bridgehead atoms. The minimum absolute atomic E-state index is 0.0646. The van der Waals surface area contributed by atoms with Crippen molar-refractivity contribution in [1.82, 2.24) is 0 Å². The summed E-state index contributed by atoms with van der Waals surface area (Å²) in [6.07, 6.45) is -0.361. The molecule has 8 nitrogen and oxygen atoms in total. The van der Waals surface area contributed by atoms with Crippen molar-refractivity contribution in [3.63, 3.8) is 0 Å². The van der Waals surface area contributed by atoms with E-state index in [1.165, 1.54) is 14.0 Å². The molecule has 32 heavy (non-hydrogen) atoms. The second-order valence-electron chi connectivity index (χ2n) is 9.68. The van der Waals surface area contributed by atoms with Gasteiger partial charge in [0, 0.05) is 49.3 Å². The van der Waals surface area contributed by atoms with Crippen molar-refractivity contribution in [3.05, 3.63) is 33.8 Å². The molecule has 2 heterocycles. The molecule has 5 unspecified atom stereocenters. The van der Waals surface area contributed by atoms with Gasteiger partial charge >= 0.3 is 11.9 Å². The van der Waals surface area contributed by atoms with Gasteiger partial charge in [-0.3, -0.25) is 14.4 Å². The van der Waals surface area contributed by atoms with Crippen LogP contribution in [0, 0.1) is 18.3 Å². The molecule has 1 aromatic heterocycles. The van der Waals surface area contributed by atoms with E-state index in [0.29, 0.717) is 35.3 Å². The first kappa shape index (κ1) is 21.1. The zero-order chi connectivity index (χ0) is 23.2. The van der Waals surface area contributed by atoms with Crippen LogP contribution in [0.2, 0.25) is 0 Å². The first-order valence-electron chi connectivity index (χ1n) is 10.9. The zero-order valence-electron chi connectivity index (χ0n) is 18.8. The number of allylic oxidation sites excluding steroid dienone is 1. The van der Waals surface area contributed by atoms with Crippen LogP contribution in [-0.4, -0.2) is 49.4 Å². The molecule has 170 valence electrons. The van der Waals surface area contributed by atoms with Crippen molar-refractivity contribution in [3.8, 4) is 0 Å². The summed E-state index contributed by atoms with van der Waals surface area (Å²) in [4.78, 5) is 51.7. The van der Waals surface area contributed by atoms with Gasteiger partial charge in [0.15, 0.2) is 5.76 Å². The lowest BCUT2D eigenvalue weighted by molar-refractivity contribution is -0.149. The summed E-state index contributed by atoms with van der Waals surface area (Å²) in [5.41, 5.74) is -0.0176. The van der Waals surface area contributed by atoms with Gasteiger partial charge in [-0.05, 0) is 25.8 Å². The van der Waals surface area contributed by atoms with Crippen LogP contribution < -0.4 is 0 Å². The van der Waals surface area contributed by atoms with E-state index in [0.717, 1.165) is 0 Å². The topological polar surface area (TPSA) is 109 Å². The van der Waals surface area contributed by atoms with Crippen LogP contribution >= 0.6 is 0 Å². The van der Waals surface area contributed by atoms with E-state index in [4.69, 9.17) is 18.6 Å². The highest BCUT2D eigenvalue weighted by atomic mass is 16.6. The number of carbonyl (C=O) groups is 4. The molecule has 5 atom stereocenters. The summed E-state index contributed by atoms with van der Waals surface area (Å²) in [5, 5.41) is 0. The molecule has 0 amide bonds. The number of fused-ring (bicyclic) bond motifs is 3. The number of esters is 2. The molecule has 0 aromatic carbocycles. The van der Waals surface area contributed by atoms with E-state index in [2.05, 4.69) is 0 Å². The highest BCUT2D eigenvalue weighted by molar-refractivity contribution is 6.14. The number of ketones is 2. The van der Waals surface area contributed by atoms with Gasteiger partial charge in [-0.1, -0.05) is 6.92 Å². The normalized spacial score (nSPS) is 35.3. The van der Waals surface area contributed by atoms with Crippen molar-refractivity contribution < 1.29 is 37.8 Å². The van der Waals surface area contributed by atoms with Gasteiger partial charge in [0.05, 0.1) is 12.0 Å². The molecule has 0 spiro atoms. The minimum Gasteiger partial charge on any atom is -0.458 e. The molecule has 0 N–H and O–H groups in total. The Morgan fingerprint density at radius 1 is 1.22 bits per heavy atom. The van der Waals surface area contributed by atoms with Crippen molar-refractivity contribution in [2.45, 2.75) is 64.6 Å². The molecular formula is C24H26O8. The number of Topliss-reactive ketones (excluding diaryl/α,β-unsaturated/α-hetero) is 2. The van der Waals surface area contributed by atoms with Crippen LogP contribution in [-0.2, 0) is 29.2 Å². The highest BCUT2D eigenvalue weighted by Gasteiger charge is 2.64. The number of methoxy groups -OCH3 is 1. The second kappa shape index (κ2) is 6.63. The molecule has 4 aliphatic rings. The summed E-state index contributed by atoms with van der Waals surface area (Å²) < 4.78 is 22.8. The third-order valence-electron chi connectivity index (χ3n) is 7.97. The molecule has 0 saturated heterocycles. The van der Waals surface area contributed by atoms with Crippen molar-refractivity contribution in [2.24, 2.45) is 11.3 Å². The maximum atomic E-state index is 13.9. The molecular weight excluding hydrogens is 416 g/mol. The van der Waals surface area contributed by atoms with Gasteiger partial charge in [0.2, 0.25) is 5.78 Å². The Morgan fingerprint density at radius 3 is 2.59 bits per heavy atom. The zero-order valence-corrected chi connectivity index (χ0v) is 18.8. The fraction of sp³-hybridized carbons (Fsp3) is 0.583. The predicted molar refractivity (Wildman–Crippen MR) is 109 cm³/mol. The van der Waals surface area contributed by atoms with Crippen LogP contribution in [0.15, 0.2) is 15.6 Å². The van der Waals surface area contributed by atoms with Crippen molar-refractivity contribution >= 4 is 23.5 Å². The summed E-state index contributed by atoms with van der Waals surface area (Å²) in [7, 11) is 1.51. The molecule has 1 fully saturated rings. The molecule has 1 aliphatic heterocycles. The van der Waals surface area contributed by atoms with E-state index in [1.54, 1.807) is 6.92 Å². The number of furan rings is 1. The molecule has 0 radical (unpaired) electrons. The first-order valence-corrected chi connectivity index (χ1v) is 10.9. The smallest absolute Gasteiger partial charge is 0.342 e. The van der Waals surface area contributed by atoms with E-state index >= 15 is 0 Å². The van der Waals surface area contributed by atoms with Crippen LogP contribution in [0.5, 0.6) is 0 Å². The number of ether oxygens (including phenoxy) is 3. The monoisotopic (exact) mass is 442 g/mol. The van der Waals surface area contributed by atoms with Gasteiger partial charge < -0.3 is 18.6 Å². The second-order valence-corrected chi connectivity index (χ2v) is 9.68. The van der Waals surface area contributed by atoms with Gasteiger partial charge in [-0.25, -0.2) is 4.79 Å². The van der Waals surface area contributed by atoms with Crippen molar-refractivity contribution in [1.29, 1.82) is 0 Å². The molecule has 5 rings (SSSR count). The van der Waals surface area contributed by atoms with E-state index < -0.39 is 35.0 Å². The van der Waals surface area contributed by atoms with Gasteiger partial charge in [0.25, 0.3) is 0 Å². The third kappa shape index (κ3) is 2.41. The predicted octanol–water partition coefficient (Wildman–Crippen LogP) is 2.84. The molecule has 3 aliphatic carbocycles. The van der Waals surface area contributed by atoms with Gasteiger partial charge in [0.1, 0.15) is 29.3 Å². The Morgan fingerprint density at radius 2 is 1.94 bits per heavy atom. The quantitative estimate of drug-likeness (QED) is 0.658.